The lowest BCUT2D eigenvalue weighted by Crippen LogP contribution is -2.53. The van der Waals surface area contributed by atoms with Crippen LogP contribution in [0.4, 0.5) is 0 Å². The smallest absolute Gasteiger partial charge is 0.314 e. The van der Waals surface area contributed by atoms with Crippen molar-refractivity contribution in [3.8, 4) is 11.5 Å². The molecule has 1 aliphatic carbocycles. The van der Waals surface area contributed by atoms with Crippen molar-refractivity contribution in [3.63, 3.8) is 0 Å². The molecule has 0 spiro atoms. The molecule has 0 saturated carbocycles. The molecule has 0 radical (unpaired) electrons. The summed E-state index contributed by atoms with van der Waals surface area (Å²) in [5.74, 6) is 1.41. The van der Waals surface area contributed by atoms with E-state index in [-0.39, 0.29) is 17.1 Å². The molecule has 0 aliphatic heterocycles. The van der Waals surface area contributed by atoms with Crippen LogP contribution in [0.15, 0.2) is 18.2 Å². The molecule has 0 bridgehead atoms. The Balaban J connectivity index is 2.38. The molecule has 0 aromatic heterocycles. The predicted molar refractivity (Wildman–Crippen MR) is 169 cm³/mol. The first kappa shape index (κ1) is 33.5. The molecule has 0 saturated heterocycles. The van der Waals surface area contributed by atoms with Crippen molar-refractivity contribution in [2.45, 2.75) is 105 Å². The van der Waals surface area contributed by atoms with E-state index in [0.29, 0.717) is 18.1 Å². The molecule has 0 fully saturated rings. The van der Waals surface area contributed by atoms with Gasteiger partial charge in [-0.1, -0.05) is 47.6 Å². The number of hydrogen-bond donors (Lipinski definition) is 0. The number of carbonyl (C=O) groups excluding carboxylic acids is 1. The second-order valence-electron chi connectivity index (χ2n) is 14.7. The molecular weight excluding hydrogens is 539 g/mol. The first-order chi connectivity index (χ1) is 17.5. The third kappa shape index (κ3) is 8.89. The highest BCUT2D eigenvalue weighted by Crippen LogP contribution is 2.48. The van der Waals surface area contributed by atoms with Crippen molar-refractivity contribution >= 4 is 36.6 Å². The average Bonchev–Trinajstić information content (AvgIpc) is 2.98. The summed E-state index contributed by atoms with van der Waals surface area (Å²) < 4.78 is 25.5. The van der Waals surface area contributed by atoms with Crippen molar-refractivity contribution in [2.24, 2.45) is 11.3 Å². The van der Waals surface area contributed by atoms with E-state index in [0.717, 1.165) is 22.7 Å². The van der Waals surface area contributed by atoms with Crippen molar-refractivity contribution in [1.82, 2.24) is 0 Å². The van der Waals surface area contributed by atoms with Crippen LogP contribution in [0, 0.1) is 17.9 Å². The number of allylic oxidation sites excluding steroid dienone is 1. The SMILES string of the molecule is [C-]#[N+]C(C(=O)C(C)(C)C)C1=CC(C)(C)c2cc(OC)c(OCC(C)C[Si](C)(O[Si](C)(C)C)O[Si](C)(C)C)cc21. The number of ether oxygens (including phenoxy) is 2. The molecule has 1 aromatic carbocycles. The van der Waals surface area contributed by atoms with Gasteiger partial charge in [0.2, 0.25) is 5.78 Å². The summed E-state index contributed by atoms with van der Waals surface area (Å²) in [4.78, 5) is 17.0. The highest BCUT2D eigenvalue weighted by atomic mass is 28.5. The quantitative estimate of drug-likeness (QED) is 0.182. The fourth-order valence-corrected chi connectivity index (χ4v) is 18.3. The van der Waals surface area contributed by atoms with Crippen LogP contribution in [0.3, 0.4) is 0 Å². The summed E-state index contributed by atoms with van der Waals surface area (Å²) in [6, 6.07) is 3.95. The van der Waals surface area contributed by atoms with Crippen molar-refractivity contribution in [3.05, 3.63) is 40.8 Å². The zero-order chi connectivity index (χ0) is 30.2. The largest absolute Gasteiger partial charge is 0.493 e. The van der Waals surface area contributed by atoms with E-state index in [1.54, 1.807) is 7.11 Å². The van der Waals surface area contributed by atoms with Crippen LogP contribution in [0.5, 0.6) is 11.5 Å². The maximum atomic E-state index is 13.2. The maximum absolute atomic E-state index is 13.2. The maximum Gasteiger partial charge on any atom is 0.314 e. The van der Waals surface area contributed by atoms with E-state index in [9.17, 15) is 4.79 Å². The lowest BCUT2D eigenvalue weighted by atomic mass is 9.83. The average molecular weight is 590 g/mol. The van der Waals surface area contributed by atoms with Crippen LogP contribution in [-0.2, 0) is 18.4 Å². The van der Waals surface area contributed by atoms with E-state index in [4.69, 9.17) is 24.3 Å². The van der Waals surface area contributed by atoms with Crippen LogP contribution in [0.2, 0.25) is 51.9 Å². The van der Waals surface area contributed by atoms with Gasteiger partial charge in [0.15, 0.2) is 28.1 Å². The Morgan fingerprint density at radius 2 is 1.54 bits per heavy atom. The molecule has 218 valence electrons. The molecule has 39 heavy (non-hydrogen) atoms. The number of methoxy groups -OCH3 is 1. The van der Waals surface area contributed by atoms with Gasteiger partial charge in [0.25, 0.3) is 0 Å². The van der Waals surface area contributed by atoms with Gasteiger partial charge >= 0.3 is 14.6 Å². The molecular formula is C30H51NO5Si3. The second kappa shape index (κ2) is 11.6. The van der Waals surface area contributed by atoms with Gasteiger partial charge in [-0.3, -0.25) is 9.64 Å². The predicted octanol–water partition coefficient (Wildman–Crippen LogP) is 8.06. The number of nitrogens with zero attached hydrogens (tertiary/aromatic N) is 1. The summed E-state index contributed by atoms with van der Waals surface area (Å²) >= 11 is 0. The van der Waals surface area contributed by atoms with Crippen LogP contribution < -0.4 is 9.47 Å². The first-order valence-electron chi connectivity index (χ1n) is 13.9. The van der Waals surface area contributed by atoms with Crippen LogP contribution in [-0.4, -0.2) is 50.7 Å². The summed E-state index contributed by atoms with van der Waals surface area (Å²) in [5.41, 5.74) is 1.75. The van der Waals surface area contributed by atoms with Crippen LogP contribution >= 0.6 is 0 Å². The highest BCUT2D eigenvalue weighted by Gasteiger charge is 2.44. The first-order valence-corrected chi connectivity index (χ1v) is 23.3. The van der Waals surface area contributed by atoms with Gasteiger partial charge in [-0.25, -0.2) is 6.57 Å². The van der Waals surface area contributed by atoms with E-state index in [1.807, 2.05) is 32.9 Å². The number of ketones is 1. The Labute approximate surface area is 240 Å². The van der Waals surface area contributed by atoms with Crippen LogP contribution in [0.1, 0.15) is 52.7 Å². The Kier molecular flexibility index (Phi) is 10.0. The minimum atomic E-state index is -2.41. The van der Waals surface area contributed by atoms with Crippen LogP contribution in [0.25, 0.3) is 10.4 Å². The van der Waals surface area contributed by atoms with E-state index >= 15 is 0 Å². The topological polar surface area (TPSA) is 58.4 Å². The number of carbonyl (C=O) groups is 1. The Morgan fingerprint density at radius 3 is 1.97 bits per heavy atom. The van der Waals surface area contributed by atoms with Crippen molar-refractivity contribution in [1.29, 1.82) is 0 Å². The zero-order valence-corrected chi connectivity index (χ0v) is 29.8. The molecule has 2 atom stereocenters. The van der Waals surface area contributed by atoms with Gasteiger partial charge in [0, 0.05) is 16.4 Å². The van der Waals surface area contributed by atoms with E-state index in [1.165, 1.54) is 0 Å². The van der Waals surface area contributed by atoms with Gasteiger partial charge < -0.3 is 17.7 Å². The minimum absolute atomic E-state index is 0.0756. The normalized spacial score (nSPS) is 17.1. The van der Waals surface area contributed by atoms with E-state index in [2.05, 4.69) is 77.5 Å². The Bertz CT molecular complexity index is 1120. The summed E-state index contributed by atoms with van der Waals surface area (Å²) in [6.45, 7) is 35.9. The Morgan fingerprint density at radius 1 is 1.00 bits per heavy atom. The number of hydrogen-bond acceptors (Lipinski definition) is 5. The third-order valence-electron chi connectivity index (χ3n) is 6.52. The standard InChI is InChI=1S/C30H51NO5Si3/c1-21(20-39(15,35-37(9,10)11)36-38(12,13)14)19-34-26-16-22-23(27(31-7)28(32)29(2,3)4)18-30(5,6)24(22)17-25(26)33-8/h16-18,21,27H,19-20H2,1-6,8-15H3. The molecule has 0 N–H and O–H groups in total. The molecule has 0 amide bonds. The number of Topliss-reactive ketones (excluding diaryl/α,β-unsaturated/α-hetero) is 1. The minimum Gasteiger partial charge on any atom is -0.493 e. The second-order valence-corrected chi connectivity index (χ2v) is 27.5. The van der Waals surface area contributed by atoms with Crippen molar-refractivity contribution in [2.75, 3.05) is 13.7 Å². The van der Waals surface area contributed by atoms with Gasteiger partial charge in [-0.05, 0) is 81.1 Å². The fraction of sp³-hybridized carbons (Fsp3) is 0.667. The highest BCUT2D eigenvalue weighted by molar-refractivity contribution is 6.87. The molecule has 2 unspecified atom stereocenters. The molecule has 1 aromatic rings. The molecule has 9 heteroatoms. The molecule has 0 heterocycles. The molecule has 2 rings (SSSR count). The van der Waals surface area contributed by atoms with Gasteiger partial charge in [-0.15, -0.1) is 0 Å². The van der Waals surface area contributed by atoms with Gasteiger partial charge in [0.1, 0.15) is 0 Å². The lowest BCUT2D eigenvalue weighted by Gasteiger charge is -2.39. The number of benzene rings is 1. The fourth-order valence-electron chi connectivity index (χ4n) is 5.38. The monoisotopic (exact) mass is 589 g/mol. The lowest BCUT2D eigenvalue weighted by molar-refractivity contribution is -0.125. The van der Waals surface area contributed by atoms with E-state index < -0.39 is 36.7 Å². The van der Waals surface area contributed by atoms with Crippen molar-refractivity contribution < 1.29 is 22.5 Å². The Hall–Kier alpha value is -1.71. The third-order valence-corrected chi connectivity index (χ3v) is 16.3. The van der Waals surface area contributed by atoms with Gasteiger partial charge in [0.05, 0.1) is 13.7 Å². The zero-order valence-electron chi connectivity index (χ0n) is 26.8. The summed E-state index contributed by atoms with van der Waals surface area (Å²) in [5, 5.41) is 0. The number of fused-ring (bicyclic) bond motifs is 1. The number of rotatable bonds is 12. The summed E-state index contributed by atoms with van der Waals surface area (Å²) in [6.07, 6.45) is 2.06. The molecule has 6 nitrogen and oxygen atoms in total. The molecule has 1 aliphatic rings. The van der Waals surface area contributed by atoms with Gasteiger partial charge in [-0.2, -0.15) is 0 Å². The summed E-state index contributed by atoms with van der Waals surface area (Å²) in [7, 11) is -4.34.